The molecule has 0 saturated heterocycles. The molecule has 1 N–H and O–H groups in total. The summed E-state index contributed by atoms with van der Waals surface area (Å²) in [6, 6.07) is 0. The maximum absolute atomic E-state index is 11.7. The Hall–Kier alpha value is -1.33. The number of allylic oxidation sites excluding steroid dienone is 2. The number of ketones is 1. The average molecular weight is 232 g/mol. The Kier molecular flexibility index (Phi) is 3.64. The third kappa shape index (κ3) is 3.08. The molecule has 0 fully saturated rings. The molecule has 1 unspecified atom stereocenters. The van der Waals surface area contributed by atoms with Crippen LogP contribution in [0.5, 0.6) is 0 Å². The molecule has 2 nitrogen and oxygen atoms in total. The van der Waals surface area contributed by atoms with Gasteiger partial charge in [0, 0.05) is 17.6 Å². The van der Waals surface area contributed by atoms with E-state index < -0.39 is 5.60 Å². The zero-order valence-electron chi connectivity index (χ0n) is 11.1. The maximum atomic E-state index is 11.7. The summed E-state index contributed by atoms with van der Waals surface area (Å²) in [7, 11) is 0. The second-order valence-corrected chi connectivity index (χ2v) is 5.41. The van der Waals surface area contributed by atoms with E-state index >= 15 is 0 Å². The van der Waals surface area contributed by atoms with Gasteiger partial charge in [-0.05, 0) is 31.8 Å². The molecule has 0 radical (unpaired) electrons. The summed E-state index contributed by atoms with van der Waals surface area (Å²) in [4.78, 5) is 11.7. The first kappa shape index (κ1) is 13.7. The minimum absolute atomic E-state index is 0.0950. The lowest BCUT2D eigenvalue weighted by Gasteiger charge is -2.30. The second-order valence-electron chi connectivity index (χ2n) is 5.41. The molecule has 1 aliphatic carbocycles. The number of rotatable bonds is 1. The van der Waals surface area contributed by atoms with Gasteiger partial charge < -0.3 is 5.11 Å². The summed E-state index contributed by atoms with van der Waals surface area (Å²) in [6.07, 6.45) is 2.79. The Morgan fingerprint density at radius 3 is 2.65 bits per heavy atom. The molecular weight excluding hydrogens is 212 g/mol. The molecule has 92 valence electrons. The minimum atomic E-state index is -1.20. The van der Waals surface area contributed by atoms with Gasteiger partial charge in [0.15, 0.2) is 5.78 Å². The largest absolute Gasteiger partial charge is 0.374 e. The summed E-state index contributed by atoms with van der Waals surface area (Å²) in [5, 5.41) is 9.78. The highest BCUT2D eigenvalue weighted by Gasteiger charge is 2.31. The fourth-order valence-electron chi connectivity index (χ4n) is 1.89. The molecule has 0 heterocycles. The second kappa shape index (κ2) is 4.50. The van der Waals surface area contributed by atoms with Crippen molar-refractivity contribution in [2.75, 3.05) is 0 Å². The molecule has 17 heavy (non-hydrogen) atoms. The smallest absolute Gasteiger partial charge is 0.159 e. The molecule has 0 aromatic rings. The lowest BCUT2D eigenvalue weighted by Crippen LogP contribution is -2.25. The first-order chi connectivity index (χ1) is 7.69. The number of carbonyl (C=O) groups is 1. The van der Waals surface area contributed by atoms with Crippen LogP contribution in [-0.4, -0.2) is 16.5 Å². The van der Waals surface area contributed by atoms with Gasteiger partial charge in [-0.15, -0.1) is 0 Å². The van der Waals surface area contributed by atoms with Crippen LogP contribution in [0, 0.1) is 17.3 Å². The third-order valence-corrected chi connectivity index (χ3v) is 3.29. The summed E-state index contributed by atoms with van der Waals surface area (Å²) >= 11 is 0. The molecule has 0 aromatic heterocycles. The van der Waals surface area contributed by atoms with Crippen molar-refractivity contribution in [3.8, 4) is 11.8 Å². The van der Waals surface area contributed by atoms with Crippen LogP contribution in [0.15, 0.2) is 23.8 Å². The van der Waals surface area contributed by atoms with E-state index in [0.717, 1.165) is 17.6 Å². The van der Waals surface area contributed by atoms with Gasteiger partial charge in [0.2, 0.25) is 0 Å². The SMILES string of the molecule is C=CC(C)(O)C#CC1=C(C)C(=O)CCC1(C)C. The van der Waals surface area contributed by atoms with Crippen LogP contribution in [0.1, 0.15) is 40.5 Å². The van der Waals surface area contributed by atoms with Crippen LogP contribution < -0.4 is 0 Å². The van der Waals surface area contributed by atoms with E-state index in [4.69, 9.17) is 0 Å². The number of aliphatic hydroxyl groups is 1. The number of Topliss-reactive ketones (excluding diaryl/α,β-unsaturated/α-hetero) is 1. The normalized spacial score (nSPS) is 22.5. The topological polar surface area (TPSA) is 37.3 Å². The molecule has 0 bridgehead atoms. The van der Waals surface area contributed by atoms with Crippen LogP contribution in [0.25, 0.3) is 0 Å². The van der Waals surface area contributed by atoms with Gasteiger partial charge in [0.25, 0.3) is 0 Å². The summed E-state index contributed by atoms with van der Waals surface area (Å²) in [6.45, 7) is 11.1. The lowest BCUT2D eigenvalue weighted by molar-refractivity contribution is -0.116. The van der Waals surface area contributed by atoms with Crippen molar-refractivity contribution in [2.24, 2.45) is 5.41 Å². The molecule has 0 saturated carbocycles. The van der Waals surface area contributed by atoms with Gasteiger partial charge in [-0.1, -0.05) is 32.3 Å². The highest BCUT2D eigenvalue weighted by atomic mass is 16.3. The Bertz CT molecular complexity index is 439. The van der Waals surface area contributed by atoms with Crippen molar-refractivity contribution in [2.45, 2.75) is 46.1 Å². The number of hydrogen-bond donors (Lipinski definition) is 1. The van der Waals surface area contributed by atoms with Crippen LogP contribution >= 0.6 is 0 Å². The predicted molar refractivity (Wildman–Crippen MR) is 69.3 cm³/mol. The molecule has 1 rings (SSSR count). The maximum Gasteiger partial charge on any atom is 0.159 e. The Balaban J connectivity index is 3.21. The van der Waals surface area contributed by atoms with E-state index in [-0.39, 0.29) is 11.2 Å². The van der Waals surface area contributed by atoms with Gasteiger partial charge in [-0.25, -0.2) is 0 Å². The molecule has 2 heteroatoms. The van der Waals surface area contributed by atoms with Gasteiger partial charge in [-0.2, -0.15) is 0 Å². The van der Waals surface area contributed by atoms with Crippen LogP contribution in [0.2, 0.25) is 0 Å². The highest BCUT2D eigenvalue weighted by Crippen LogP contribution is 2.38. The van der Waals surface area contributed by atoms with Crippen LogP contribution in [0.4, 0.5) is 0 Å². The Morgan fingerprint density at radius 2 is 2.12 bits per heavy atom. The number of hydrogen-bond acceptors (Lipinski definition) is 2. The van der Waals surface area contributed by atoms with Crippen molar-refractivity contribution in [3.05, 3.63) is 23.8 Å². The van der Waals surface area contributed by atoms with Gasteiger partial charge >= 0.3 is 0 Å². The summed E-state index contributed by atoms with van der Waals surface area (Å²) in [5.41, 5.74) is 0.274. The first-order valence-electron chi connectivity index (χ1n) is 5.83. The lowest BCUT2D eigenvalue weighted by atomic mass is 9.72. The quantitative estimate of drug-likeness (QED) is 0.557. The van der Waals surface area contributed by atoms with E-state index in [0.29, 0.717) is 6.42 Å². The van der Waals surface area contributed by atoms with Crippen LogP contribution in [0.3, 0.4) is 0 Å². The Labute approximate surface area is 103 Å². The standard InChI is InChI=1S/C15H20O2/c1-6-15(5,17)10-7-12-11(2)13(16)8-9-14(12,3)4/h6,17H,1,8-9H2,2-5H3. The Morgan fingerprint density at radius 1 is 1.53 bits per heavy atom. The molecule has 1 aliphatic rings. The molecule has 0 amide bonds. The van der Waals surface area contributed by atoms with E-state index in [1.807, 2.05) is 6.92 Å². The zero-order chi connectivity index (χ0) is 13.3. The average Bonchev–Trinajstić information content (AvgIpc) is 2.24. The first-order valence-corrected chi connectivity index (χ1v) is 5.83. The van der Waals surface area contributed by atoms with Crippen molar-refractivity contribution >= 4 is 5.78 Å². The summed E-state index contributed by atoms with van der Waals surface area (Å²) < 4.78 is 0. The van der Waals surface area contributed by atoms with Gasteiger partial charge in [-0.3, -0.25) is 4.79 Å². The van der Waals surface area contributed by atoms with Crippen molar-refractivity contribution < 1.29 is 9.90 Å². The molecule has 1 atom stereocenters. The van der Waals surface area contributed by atoms with Crippen molar-refractivity contribution in [3.63, 3.8) is 0 Å². The molecule has 0 spiro atoms. The minimum Gasteiger partial charge on any atom is -0.374 e. The van der Waals surface area contributed by atoms with E-state index in [1.54, 1.807) is 6.92 Å². The molecular formula is C15H20O2. The fraction of sp³-hybridized carbons (Fsp3) is 0.533. The zero-order valence-corrected chi connectivity index (χ0v) is 11.1. The fourth-order valence-corrected chi connectivity index (χ4v) is 1.89. The molecule has 0 aliphatic heterocycles. The molecule has 0 aromatic carbocycles. The van der Waals surface area contributed by atoms with Crippen LogP contribution in [-0.2, 0) is 4.79 Å². The monoisotopic (exact) mass is 232 g/mol. The summed E-state index contributed by atoms with van der Waals surface area (Å²) in [5.74, 6) is 5.89. The third-order valence-electron chi connectivity index (χ3n) is 3.29. The highest BCUT2D eigenvalue weighted by molar-refractivity contribution is 5.97. The van der Waals surface area contributed by atoms with E-state index in [1.165, 1.54) is 6.08 Å². The number of carbonyl (C=O) groups excluding carboxylic acids is 1. The van der Waals surface area contributed by atoms with Gasteiger partial charge in [0.1, 0.15) is 5.60 Å². The van der Waals surface area contributed by atoms with Crippen molar-refractivity contribution in [1.82, 2.24) is 0 Å². The predicted octanol–water partition coefficient (Wildman–Crippen LogP) is 2.63. The van der Waals surface area contributed by atoms with E-state index in [2.05, 4.69) is 32.3 Å². The van der Waals surface area contributed by atoms with Crippen molar-refractivity contribution in [1.29, 1.82) is 0 Å². The van der Waals surface area contributed by atoms with E-state index in [9.17, 15) is 9.90 Å². The van der Waals surface area contributed by atoms with Gasteiger partial charge in [0.05, 0.1) is 0 Å².